The Morgan fingerprint density at radius 2 is 2.33 bits per heavy atom. The highest BCUT2D eigenvalue weighted by atomic mass is 32.1. The minimum Gasteiger partial charge on any atom is -0.391 e. The van der Waals surface area contributed by atoms with Gasteiger partial charge in [-0.3, -0.25) is 0 Å². The highest BCUT2D eigenvalue weighted by Crippen LogP contribution is 2.32. The highest BCUT2D eigenvalue weighted by Gasteiger charge is 2.31. The number of hydrogen-bond acceptors (Lipinski definition) is 3. The van der Waals surface area contributed by atoms with Crippen molar-refractivity contribution in [3.8, 4) is 0 Å². The Hall–Kier alpha value is -1.07. The first-order chi connectivity index (χ1) is 8.56. The largest absolute Gasteiger partial charge is 0.391 e. The summed E-state index contributed by atoms with van der Waals surface area (Å²) < 4.78 is 0. The van der Waals surface area contributed by atoms with Crippen molar-refractivity contribution in [1.82, 2.24) is 10.2 Å². The molecule has 100 valence electrons. The molecule has 18 heavy (non-hydrogen) atoms. The molecule has 2 N–H and O–H groups in total. The number of nitrogens with one attached hydrogen (secondary N) is 1. The number of amides is 2. The van der Waals surface area contributed by atoms with Crippen molar-refractivity contribution < 1.29 is 9.90 Å². The number of carbonyl (C=O) groups excluding carboxylic acids is 1. The average molecular weight is 268 g/mol. The van der Waals surface area contributed by atoms with Crippen molar-refractivity contribution in [1.29, 1.82) is 0 Å². The summed E-state index contributed by atoms with van der Waals surface area (Å²) in [5, 5.41) is 12.6. The lowest BCUT2D eigenvalue weighted by Crippen LogP contribution is -2.41. The summed E-state index contributed by atoms with van der Waals surface area (Å²) >= 11 is 1.69. The van der Waals surface area contributed by atoms with E-state index in [0.717, 1.165) is 17.7 Å². The summed E-state index contributed by atoms with van der Waals surface area (Å²) in [6.45, 7) is 3.02. The Morgan fingerprint density at radius 1 is 1.61 bits per heavy atom. The van der Waals surface area contributed by atoms with Crippen LogP contribution in [-0.4, -0.2) is 35.7 Å². The Bertz CT molecular complexity index is 415. The fraction of sp³-hybridized carbons (Fsp3) is 0.615. The molecular weight excluding hydrogens is 248 g/mol. The lowest BCUT2D eigenvalue weighted by atomic mass is 10.2. The molecule has 1 heterocycles. The summed E-state index contributed by atoms with van der Waals surface area (Å²) in [5.41, 5.74) is 0. The van der Waals surface area contributed by atoms with E-state index in [2.05, 4.69) is 5.32 Å². The maximum Gasteiger partial charge on any atom is 0.317 e. The van der Waals surface area contributed by atoms with Gasteiger partial charge in [0, 0.05) is 23.3 Å². The summed E-state index contributed by atoms with van der Waals surface area (Å²) in [6.07, 6.45) is 1.81. The van der Waals surface area contributed by atoms with Crippen LogP contribution >= 0.6 is 11.3 Å². The van der Waals surface area contributed by atoms with Crippen molar-refractivity contribution in [2.45, 2.75) is 32.4 Å². The fourth-order valence-electron chi connectivity index (χ4n) is 1.87. The molecule has 1 atom stereocenters. The molecule has 0 aliphatic heterocycles. The lowest BCUT2D eigenvalue weighted by Gasteiger charge is -2.21. The van der Waals surface area contributed by atoms with Crippen LogP contribution in [0.5, 0.6) is 0 Å². The number of rotatable bonds is 5. The normalized spacial score (nSPS) is 16.4. The first kappa shape index (κ1) is 13.4. The maximum atomic E-state index is 11.8. The van der Waals surface area contributed by atoms with E-state index in [4.69, 9.17) is 0 Å². The highest BCUT2D eigenvalue weighted by molar-refractivity contribution is 7.11. The molecule has 0 bridgehead atoms. The smallest absolute Gasteiger partial charge is 0.317 e. The number of hydrogen-bond donors (Lipinski definition) is 2. The molecule has 2 amide bonds. The minimum absolute atomic E-state index is 0.124. The molecule has 5 heteroatoms. The third kappa shape index (κ3) is 3.71. The van der Waals surface area contributed by atoms with Crippen LogP contribution in [0.3, 0.4) is 0 Å². The molecule has 0 aromatic carbocycles. The third-order valence-electron chi connectivity index (χ3n) is 3.18. The number of urea groups is 1. The van der Waals surface area contributed by atoms with E-state index in [0.29, 0.717) is 19.0 Å². The molecule has 1 aliphatic carbocycles. The zero-order valence-corrected chi connectivity index (χ0v) is 11.7. The summed E-state index contributed by atoms with van der Waals surface area (Å²) in [6, 6.07) is 3.95. The molecule has 1 fully saturated rings. The second-order valence-corrected chi connectivity index (χ2v) is 6.33. The molecular formula is C13H20N2O2S. The van der Waals surface area contributed by atoms with Gasteiger partial charge >= 0.3 is 6.03 Å². The number of aliphatic hydroxyl groups excluding tert-OH is 1. The van der Waals surface area contributed by atoms with Crippen molar-refractivity contribution in [2.75, 3.05) is 13.6 Å². The Morgan fingerprint density at radius 3 is 2.89 bits per heavy atom. The predicted octanol–water partition coefficient (Wildman–Crippen LogP) is 1.97. The van der Waals surface area contributed by atoms with Crippen LogP contribution in [0.4, 0.5) is 4.79 Å². The van der Waals surface area contributed by atoms with Crippen LogP contribution in [0, 0.1) is 12.8 Å². The molecule has 2 rings (SSSR count). The number of thiophene rings is 1. The van der Waals surface area contributed by atoms with E-state index < -0.39 is 0 Å². The van der Waals surface area contributed by atoms with Crippen molar-refractivity contribution in [3.63, 3.8) is 0 Å². The van der Waals surface area contributed by atoms with Crippen LogP contribution in [0.25, 0.3) is 0 Å². The van der Waals surface area contributed by atoms with Gasteiger partial charge in [-0.2, -0.15) is 0 Å². The van der Waals surface area contributed by atoms with Crippen LogP contribution in [-0.2, 0) is 6.54 Å². The summed E-state index contributed by atoms with van der Waals surface area (Å²) in [5.74, 6) is 0.403. The van der Waals surface area contributed by atoms with Gasteiger partial charge in [0.05, 0.1) is 12.6 Å². The SMILES string of the molecule is Cc1ccc(CNC(=O)N(C)CC(O)C2CC2)s1. The zero-order valence-electron chi connectivity index (χ0n) is 10.8. The van der Waals surface area contributed by atoms with Crippen LogP contribution in [0.15, 0.2) is 12.1 Å². The van der Waals surface area contributed by atoms with Gasteiger partial charge in [-0.05, 0) is 37.8 Å². The van der Waals surface area contributed by atoms with Gasteiger partial charge in [0.2, 0.25) is 0 Å². The van der Waals surface area contributed by atoms with E-state index in [9.17, 15) is 9.90 Å². The molecule has 0 radical (unpaired) electrons. The maximum absolute atomic E-state index is 11.8. The molecule has 1 saturated carbocycles. The predicted molar refractivity (Wildman–Crippen MR) is 72.7 cm³/mol. The standard InChI is InChI=1S/C13H20N2O2S/c1-9-3-6-11(18-9)7-14-13(17)15(2)8-12(16)10-4-5-10/h3,6,10,12,16H,4-5,7-8H2,1-2H3,(H,14,17). The molecule has 1 aromatic rings. The fourth-order valence-corrected chi connectivity index (χ4v) is 2.70. The number of aryl methyl sites for hydroxylation is 1. The van der Waals surface area contributed by atoms with Crippen LogP contribution < -0.4 is 5.32 Å². The van der Waals surface area contributed by atoms with Crippen LogP contribution in [0.2, 0.25) is 0 Å². The molecule has 1 aromatic heterocycles. The van der Waals surface area contributed by atoms with Crippen LogP contribution in [0.1, 0.15) is 22.6 Å². The number of nitrogens with zero attached hydrogens (tertiary/aromatic N) is 1. The van der Waals surface area contributed by atoms with Crippen molar-refractivity contribution in [2.24, 2.45) is 5.92 Å². The topological polar surface area (TPSA) is 52.6 Å². The van der Waals surface area contributed by atoms with Gasteiger partial charge in [0.15, 0.2) is 0 Å². The monoisotopic (exact) mass is 268 g/mol. The second-order valence-electron chi connectivity index (χ2n) is 4.96. The lowest BCUT2D eigenvalue weighted by molar-refractivity contribution is 0.113. The Kier molecular flexibility index (Phi) is 4.24. The summed E-state index contributed by atoms with van der Waals surface area (Å²) in [4.78, 5) is 15.8. The van der Waals surface area contributed by atoms with Gasteiger partial charge in [0.25, 0.3) is 0 Å². The first-order valence-corrected chi connectivity index (χ1v) is 7.10. The first-order valence-electron chi connectivity index (χ1n) is 6.28. The number of carbonyl (C=O) groups is 1. The van der Waals surface area contributed by atoms with E-state index in [1.807, 2.05) is 19.1 Å². The van der Waals surface area contributed by atoms with E-state index in [-0.39, 0.29) is 12.1 Å². The van der Waals surface area contributed by atoms with E-state index in [1.165, 1.54) is 4.88 Å². The number of likely N-dealkylation sites (N-methyl/N-ethyl adjacent to an activating group) is 1. The van der Waals surface area contributed by atoms with Gasteiger partial charge in [-0.15, -0.1) is 11.3 Å². The Labute approximate surface area is 112 Å². The van der Waals surface area contributed by atoms with Gasteiger partial charge in [-0.25, -0.2) is 4.79 Å². The minimum atomic E-state index is -0.371. The quantitative estimate of drug-likeness (QED) is 0.858. The van der Waals surface area contributed by atoms with Gasteiger partial charge in [-0.1, -0.05) is 0 Å². The van der Waals surface area contributed by atoms with E-state index >= 15 is 0 Å². The van der Waals surface area contributed by atoms with Crippen molar-refractivity contribution in [3.05, 3.63) is 21.9 Å². The van der Waals surface area contributed by atoms with E-state index in [1.54, 1.807) is 23.3 Å². The molecule has 0 spiro atoms. The average Bonchev–Trinajstić information content (AvgIpc) is 3.10. The molecule has 4 nitrogen and oxygen atoms in total. The second kappa shape index (κ2) is 5.71. The van der Waals surface area contributed by atoms with Gasteiger partial charge < -0.3 is 15.3 Å². The van der Waals surface area contributed by atoms with Gasteiger partial charge in [0.1, 0.15) is 0 Å². The Balaban J connectivity index is 1.73. The zero-order chi connectivity index (χ0) is 13.1. The summed E-state index contributed by atoms with van der Waals surface area (Å²) in [7, 11) is 1.72. The number of aliphatic hydroxyl groups is 1. The van der Waals surface area contributed by atoms with Crippen molar-refractivity contribution >= 4 is 17.4 Å². The molecule has 0 saturated heterocycles. The molecule has 1 unspecified atom stereocenters. The third-order valence-corrected chi connectivity index (χ3v) is 4.18. The molecule has 1 aliphatic rings.